The molecule has 1 saturated heterocycles. The van der Waals surface area contributed by atoms with Crippen LogP contribution in [0.5, 0.6) is 0 Å². The van der Waals surface area contributed by atoms with E-state index in [9.17, 15) is 5.11 Å². The van der Waals surface area contributed by atoms with Crippen molar-refractivity contribution in [1.82, 2.24) is 25.5 Å². The van der Waals surface area contributed by atoms with Crippen LogP contribution < -0.4 is 10.6 Å². The fourth-order valence-corrected chi connectivity index (χ4v) is 2.18. The van der Waals surface area contributed by atoms with Gasteiger partial charge in [-0.3, -0.25) is 0 Å². The number of aliphatic hydroxyl groups is 1. The van der Waals surface area contributed by atoms with Gasteiger partial charge in [0.1, 0.15) is 0 Å². The molecular formula is C12H17ClN6O. The van der Waals surface area contributed by atoms with Gasteiger partial charge in [0.05, 0.1) is 17.8 Å². The molecule has 1 aromatic carbocycles. The van der Waals surface area contributed by atoms with E-state index in [4.69, 9.17) is 0 Å². The van der Waals surface area contributed by atoms with Gasteiger partial charge in [0.2, 0.25) is 5.95 Å². The summed E-state index contributed by atoms with van der Waals surface area (Å²) in [5, 5.41) is 28.0. The molecule has 2 heterocycles. The number of aliphatic hydroxyl groups excluding tert-OH is 1. The highest BCUT2D eigenvalue weighted by Gasteiger charge is 2.24. The number of hydrogen-bond donors (Lipinski definition) is 3. The lowest BCUT2D eigenvalue weighted by atomic mass is 10.0. The standard InChI is InChI=1S/C12H16N6O.ClH/c19-11-6-7-13-8-10(11)14-12-15-16-17-18(12)9-4-2-1-3-5-9;/h1-5,10-11,13,19H,6-8H2,(H,14,15,17);1H/t10-,11+;/m0./s1. The molecule has 0 amide bonds. The van der Waals surface area contributed by atoms with Crippen LogP contribution in [0.15, 0.2) is 30.3 Å². The molecule has 0 saturated carbocycles. The van der Waals surface area contributed by atoms with Crippen molar-refractivity contribution in [3.63, 3.8) is 0 Å². The van der Waals surface area contributed by atoms with Gasteiger partial charge < -0.3 is 15.7 Å². The number of hydrogen-bond acceptors (Lipinski definition) is 6. The zero-order chi connectivity index (χ0) is 13.1. The minimum Gasteiger partial charge on any atom is -0.391 e. The predicted molar refractivity (Wildman–Crippen MR) is 77.3 cm³/mol. The normalized spacial score (nSPS) is 22.1. The molecule has 108 valence electrons. The van der Waals surface area contributed by atoms with Crippen molar-refractivity contribution in [3.05, 3.63) is 30.3 Å². The van der Waals surface area contributed by atoms with Crippen LogP contribution in [0, 0.1) is 0 Å². The van der Waals surface area contributed by atoms with Crippen molar-refractivity contribution >= 4 is 18.4 Å². The molecule has 1 aliphatic heterocycles. The Morgan fingerprint density at radius 2 is 2.10 bits per heavy atom. The maximum absolute atomic E-state index is 9.95. The summed E-state index contributed by atoms with van der Waals surface area (Å²) >= 11 is 0. The fourth-order valence-electron chi connectivity index (χ4n) is 2.18. The first kappa shape index (κ1) is 14.7. The third-order valence-electron chi connectivity index (χ3n) is 3.23. The molecule has 7 nitrogen and oxygen atoms in total. The molecule has 1 fully saturated rings. The first-order valence-electron chi connectivity index (χ1n) is 6.34. The van der Waals surface area contributed by atoms with E-state index in [2.05, 4.69) is 26.2 Å². The zero-order valence-corrected chi connectivity index (χ0v) is 11.6. The Morgan fingerprint density at radius 1 is 1.30 bits per heavy atom. The van der Waals surface area contributed by atoms with Gasteiger partial charge in [-0.25, -0.2) is 0 Å². The lowest BCUT2D eigenvalue weighted by Crippen LogP contribution is -2.48. The van der Waals surface area contributed by atoms with Crippen molar-refractivity contribution in [2.45, 2.75) is 18.6 Å². The van der Waals surface area contributed by atoms with Crippen LogP contribution in [-0.4, -0.2) is 50.5 Å². The molecule has 3 rings (SSSR count). The molecule has 0 unspecified atom stereocenters. The summed E-state index contributed by atoms with van der Waals surface area (Å²) in [6.07, 6.45) is 0.340. The van der Waals surface area contributed by atoms with Crippen molar-refractivity contribution in [1.29, 1.82) is 0 Å². The largest absolute Gasteiger partial charge is 0.391 e. The van der Waals surface area contributed by atoms with Gasteiger partial charge in [0.25, 0.3) is 0 Å². The molecule has 1 aromatic heterocycles. The predicted octanol–water partition coefficient (Wildman–Crippen LogP) is 0.219. The Balaban J connectivity index is 0.00000147. The van der Waals surface area contributed by atoms with E-state index in [1.165, 1.54) is 0 Å². The minimum atomic E-state index is -0.387. The van der Waals surface area contributed by atoms with Gasteiger partial charge >= 0.3 is 0 Å². The molecule has 2 atom stereocenters. The first-order chi connectivity index (χ1) is 9.34. The van der Waals surface area contributed by atoms with Crippen molar-refractivity contribution in [3.8, 4) is 5.69 Å². The Hall–Kier alpha value is -1.70. The summed E-state index contributed by atoms with van der Waals surface area (Å²) in [4.78, 5) is 0. The Kier molecular flexibility index (Phi) is 4.89. The number of para-hydroxylation sites is 1. The van der Waals surface area contributed by atoms with E-state index in [0.29, 0.717) is 12.5 Å². The van der Waals surface area contributed by atoms with E-state index in [-0.39, 0.29) is 24.6 Å². The third-order valence-corrected chi connectivity index (χ3v) is 3.23. The van der Waals surface area contributed by atoms with Crippen molar-refractivity contribution < 1.29 is 5.11 Å². The highest BCUT2D eigenvalue weighted by atomic mass is 35.5. The first-order valence-corrected chi connectivity index (χ1v) is 6.34. The van der Waals surface area contributed by atoms with Gasteiger partial charge in [-0.05, 0) is 35.5 Å². The number of anilines is 1. The van der Waals surface area contributed by atoms with Gasteiger partial charge in [0, 0.05) is 6.54 Å². The molecular weight excluding hydrogens is 280 g/mol. The van der Waals surface area contributed by atoms with Crippen LogP contribution in [0.2, 0.25) is 0 Å². The molecule has 3 N–H and O–H groups in total. The van der Waals surface area contributed by atoms with Crippen LogP contribution in [0.1, 0.15) is 6.42 Å². The average Bonchev–Trinajstić information content (AvgIpc) is 2.91. The SMILES string of the molecule is Cl.O[C@@H]1CCNC[C@@H]1Nc1nnnn1-c1ccccc1. The van der Waals surface area contributed by atoms with Gasteiger partial charge in [-0.15, -0.1) is 12.4 Å². The number of tetrazole rings is 1. The van der Waals surface area contributed by atoms with E-state index in [0.717, 1.165) is 18.7 Å². The lowest BCUT2D eigenvalue weighted by molar-refractivity contribution is 0.123. The number of benzene rings is 1. The molecule has 0 aliphatic carbocycles. The maximum Gasteiger partial charge on any atom is 0.248 e. The summed E-state index contributed by atoms with van der Waals surface area (Å²) in [6.45, 7) is 1.53. The van der Waals surface area contributed by atoms with E-state index in [1.807, 2.05) is 30.3 Å². The molecule has 0 radical (unpaired) electrons. The Bertz CT molecular complexity index is 534. The summed E-state index contributed by atoms with van der Waals surface area (Å²) < 4.78 is 1.63. The molecule has 8 heteroatoms. The highest BCUT2D eigenvalue weighted by Crippen LogP contribution is 2.14. The van der Waals surface area contributed by atoms with E-state index >= 15 is 0 Å². The maximum atomic E-state index is 9.95. The van der Waals surface area contributed by atoms with Crippen LogP contribution in [0.3, 0.4) is 0 Å². The van der Waals surface area contributed by atoms with Crippen LogP contribution >= 0.6 is 12.4 Å². The number of rotatable bonds is 3. The summed E-state index contributed by atoms with van der Waals surface area (Å²) in [6, 6.07) is 9.57. The van der Waals surface area contributed by atoms with Gasteiger partial charge in [0.15, 0.2) is 0 Å². The average molecular weight is 297 g/mol. The molecule has 1 aliphatic rings. The second-order valence-electron chi connectivity index (χ2n) is 4.56. The van der Waals surface area contributed by atoms with Crippen molar-refractivity contribution in [2.24, 2.45) is 0 Å². The lowest BCUT2D eigenvalue weighted by Gasteiger charge is -2.29. The molecule has 0 spiro atoms. The zero-order valence-electron chi connectivity index (χ0n) is 10.8. The minimum absolute atomic E-state index is 0. The quantitative estimate of drug-likeness (QED) is 0.751. The molecule has 2 aromatic rings. The van der Waals surface area contributed by atoms with Gasteiger partial charge in [-0.2, -0.15) is 4.68 Å². The number of piperidine rings is 1. The monoisotopic (exact) mass is 296 g/mol. The second kappa shape index (κ2) is 6.65. The van der Waals surface area contributed by atoms with Crippen molar-refractivity contribution in [2.75, 3.05) is 18.4 Å². The fraction of sp³-hybridized carbons (Fsp3) is 0.417. The summed E-state index contributed by atoms with van der Waals surface area (Å²) in [5.74, 6) is 0.541. The smallest absolute Gasteiger partial charge is 0.248 e. The van der Waals surface area contributed by atoms with Crippen LogP contribution in [-0.2, 0) is 0 Å². The number of aromatic nitrogens is 4. The number of nitrogens with one attached hydrogen (secondary N) is 2. The topological polar surface area (TPSA) is 87.9 Å². The molecule has 0 bridgehead atoms. The Morgan fingerprint density at radius 3 is 2.85 bits per heavy atom. The number of nitrogens with zero attached hydrogens (tertiary/aromatic N) is 4. The van der Waals surface area contributed by atoms with E-state index < -0.39 is 0 Å². The second-order valence-corrected chi connectivity index (χ2v) is 4.56. The molecule has 20 heavy (non-hydrogen) atoms. The summed E-state index contributed by atoms with van der Waals surface area (Å²) in [5.41, 5.74) is 0.883. The Labute approximate surface area is 122 Å². The summed E-state index contributed by atoms with van der Waals surface area (Å²) in [7, 11) is 0. The van der Waals surface area contributed by atoms with E-state index in [1.54, 1.807) is 4.68 Å². The van der Waals surface area contributed by atoms with Crippen LogP contribution in [0.25, 0.3) is 5.69 Å². The van der Waals surface area contributed by atoms with Gasteiger partial charge in [-0.1, -0.05) is 23.3 Å². The third kappa shape index (κ3) is 3.06. The number of halogens is 1. The van der Waals surface area contributed by atoms with Crippen LogP contribution in [0.4, 0.5) is 5.95 Å². The highest BCUT2D eigenvalue weighted by molar-refractivity contribution is 5.85.